The van der Waals surface area contributed by atoms with E-state index in [4.69, 9.17) is 5.73 Å². The van der Waals surface area contributed by atoms with Crippen molar-refractivity contribution in [3.8, 4) is 0 Å². The van der Waals surface area contributed by atoms with Gasteiger partial charge < -0.3 is 11.1 Å². The van der Waals surface area contributed by atoms with Gasteiger partial charge in [-0.15, -0.1) is 0 Å². The van der Waals surface area contributed by atoms with E-state index in [1.54, 1.807) is 12.1 Å². The van der Waals surface area contributed by atoms with E-state index in [2.05, 4.69) is 5.32 Å². The van der Waals surface area contributed by atoms with Gasteiger partial charge in [0.15, 0.2) is 0 Å². The molecule has 0 bridgehead atoms. The normalized spacial score (nSPS) is 18.6. The smallest absolute Gasteiger partial charge is 0.231 e. The largest absolute Gasteiger partial charge is 0.369 e. The third-order valence-corrected chi connectivity index (χ3v) is 4.14. The fraction of sp³-hybridized carbons (Fsp3) is 0.529. The van der Waals surface area contributed by atoms with E-state index in [0.717, 1.165) is 19.4 Å². The summed E-state index contributed by atoms with van der Waals surface area (Å²) in [6, 6.07) is 6.69. The lowest BCUT2D eigenvalue weighted by molar-refractivity contribution is -0.128. The van der Waals surface area contributed by atoms with Gasteiger partial charge in [-0.05, 0) is 43.9 Å². The fourth-order valence-electron chi connectivity index (χ4n) is 2.97. The number of benzene rings is 1. The van der Waals surface area contributed by atoms with Crippen LogP contribution in [0.5, 0.6) is 0 Å². The Balaban J connectivity index is 1.70. The average molecular weight is 321 g/mol. The minimum absolute atomic E-state index is 0.00713. The third-order valence-electron chi connectivity index (χ3n) is 4.14. The molecule has 1 atom stereocenters. The van der Waals surface area contributed by atoms with Gasteiger partial charge >= 0.3 is 0 Å². The molecule has 0 saturated carbocycles. The third kappa shape index (κ3) is 5.63. The first-order valence-electron chi connectivity index (χ1n) is 8.08. The molecule has 1 aromatic carbocycles. The Morgan fingerprint density at radius 3 is 2.87 bits per heavy atom. The number of likely N-dealkylation sites (tertiary alicyclic amines) is 1. The van der Waals surface area contributed by atoms with Gasteiger partial charge in [0, 0.05) is 13.1 Å². The Kier molecular flexibility index (Phi) is 6.52. The summed E-state index contributed by atoms with van der Waals surface area (Å²) in [6.07, 6.45) is 3.02. The first-order valence-corrected chi connectivity index (χ1v) is 8.08. The number of halogens is 1. The summed E-state index contributed by atoms with van der Waals surface area (Å²) in [5.41, 5.74) is 5.87. The maximum atomic E-state index is 13.5. The van der Waals surface area contributed by atoms with Crippen LogP contribution < -0.4 is 11.1 Å². The van der Waals surface area contributed by atoms with E-state index < -0.39 is 0 Å². The molecule has 3 N–H and O–H groups in total. The van der Waals surface area contributed by atoms with Crippen LogP contribution in [0.3, 0.4) is 0 Å². The Morgan fingerprint density at radius 2 is 2.13 bits per heavy atom. The number of carbonyl (C=O) groups is 2. The molecule has 1 saturated heterocycles. The number of rotatable bonds is 7. The summed E-state index contributed by atoms with van der Waals surface area (Å²) >= 11 is 0. The van der Waals surface area contributed by atoms with Gasteiger partial charge in [-0.25, -0.2) is 4.39 Å². The number of primary amides is 1. The number of hydrogen-bond acceptors (Lipinski definition) is 3. The van der Waals surface area contributed by atoms with Gasteiger partial charge in [0.1, 0.15) is 5.82 Å². The predicted octanol–water partition coefficient (Wildman–Crippen LogP) is 1.07. The van der Waals surface area contributed by atoms with Gasteiger partial charge in [-0.3, -0.25) is 14.5 Å². The molecule has 2 amide bonds. The number of aryl methyl sites for hydroxylation is 1. The van der Waals surface area contributed by atoms with Crippen LogP contribution in [0.4, 0.5) is 4.39 Å². The molecule has 0 spiro atoms. The second kappa shape index (κ2) is 8.62. The monoisotopic (exact) mass is 321 g/mol. The zero-order chi connectivity index (χ0) is 16.7. The number of carbonyl (C=O) groups excluding carboxylic acids is 2. The summed E-state index contributed by atoms with van der Waals surface area (Å²) in [7, 11) is 0. The molecular weight excluding hydrogens is 297 g/mol. The highest BCUT2D eigenvalue weighted by Gasteiger charge is 2.26. The van der Waals surface area contributed by atoms with Crippen molar-refractivity contribution in [1.29, 1.82) is 0 Å². The number of hydrogen-bond donors (Lipinski definition) is 2. The van der Waals surface area contributed by atoms with E-state index in [1.807, 2.05) is 11.0 Å². The quantitative estimate of drug-likeness (QED) is 0.738. The molecule has 1 aromatic rings. The first kappa shape index (κ1) is 17.4. The van der Waals surface area contributed by atoms with Gasteiger partial charge in [0.25, 0.3) is 0 Å². The van der Waals surface area contributed by atoms with Crippen LogP contribution in [0.15, 0.2) is 24.3 Å². The molecule has 1 heterocycles. The van der Waals surface area contributed by atoms with E-state index in [0.29, 0.717) is 31.5 Å². The maximum Gasteiger partial charge on any atom is 0.231 e. The summed E-state index contributed by atoms with van der Waals surface area (Å²) in [5.74, 6) is -0.659. The lowest BCUT2D eigenvalue weighted by atomic mass is 9.97. The highest BCUT2D eigenvalue weighted by molar-refractivity contribution is 5.79. The number of nitrogens with one attached hydrogen (secondary N) is 1. The average Bonchev–Trinajstić information content (AvgIpc) is 2.52. The lowest BCUT2D eigenvalue weighted by Gasteiger charge is -2.30. The van der Waals surface area contributed by atoms with Crippen molar-refractivity contribution < 1.29 is 14.0 Å². The second-order valence-electron chi connectivity index (χ2n) is 6.03. The van der Waals surface area contributed by atoms with Crippen LogP contribution in [0.25, 0.3) is 0 Å². The Hall–Kier alpha value is -1.95. The minimum atomic E-state index is -0.365. The van der Waals surface area contributed by atoms with Crippen LogP contribution in [-0.4, -0.2) is 42.9 Å². The molecular formula is C17H24FN3O2. The van der Waals surface area contributed by atoms with Crippen molar-refractivity contribution in [2.45, 2.75) is 25.7 Å². The van der Waals surface area contributed by atoms with E-state index in [9.17, 15) is 14.0 Å². The molecule has 23 heavy (non-hydrogen) atoms. The van der Waals surface area contributed by atoms with Crippen LogP contribution in [0.1, 0.15) is 24.8 Å². The summed E-state index contributed by atoms with van der Waals surface area (Å²) in [5, 5.41) is 2.91. The number of amides is 2. The molecule has 1 unspecified atom stereocenters. The molecule has 0 radical (unpaired) electrons. The van der Waals surface area contributed by atoms with E-state index in [1.165, 1.54) is 6.07 Å². The van der Waals surface area contributed by atoms with Gasteiger partial charge in [0.2, 0.25) is 11.8 Å². The number of piperidine rings is 1. The fourth-order valence-corrected chi connectivity index (χ4v) is 2.97. The second-order valence-corrected chi connectivity index (χ2v) is 6.03. The Bertz CT molecular complexity index is 550. The van der Waals surface area contributed by atoms with Crippen molar-refractivity contribution in [3.05, 3.63) is 35.6 Å². The van der Waals surface area contributed by atoms with E-state index in [-0.39, 0.29) is 30.1 Å². The van der Waals surface area contributed by atoms with Crippen molar-refractivity contribution >= 4 is 11.8 Å². The van der Waals surface area contributed by atoms with Gasteiger partial charge in [-0.2, -0.15) is 0 Å². The number of nitrogens with zero attached hydrogens (tertiary/aromatic N) is 1. The van der Waals surface area contributed by atoms with Crippen molar-refractivity contribution in [2.24, 2.45) is 11.7 Å². The summed E-state index contributed by atoms with van der Waals surface area (Å²) in [4.78, 5) is 25.1. The van der Waals surface area contributed by atoms with Crippen molar-refractivity contribution in [1.82, 2.24) is 10.2 Å². The highest BCUT2D eigenvalue weighted by atomic mass is 19.1. The zero-order valence-electron chi connectivity index (χ0n) is 13.3. The molecule has 0 aliphatic carbocycles. The molecule has 1 aliphatic rings. The molecule has 0 aromatic heterocycles. The maximum absolute atomic E-state index is 13.5. The van der Waals surface area contributed by atoms with Crippen molar-refractivity contribution in [3.63, 3.8) is 0 Å². The van der Waals surface area contributed by atoms with Gasteiger partial charge in [-0.1, -0.05) is 18.2 Å². The molecule has 1 aliphatic heterocycles. The topological polar surface area (TPSA) is 75.4 Å². The molecule has 6 heteroatoms. The SMILES string of the molecule is NC(=O)CN1CCCC(C(=O)NCCCc2ccccc2F)C1. The summed E-state index contributed by atoms with van der Waals surface area (Å²) in [6.45, 7) is 2.11. The van der Waals surface area contributed by atoms with E-state index >= 15 is 0 Å². The van der Waals surface area contributed by atoms with Crippen LogP contribution in [-0.2, 0) is 16.0 Å². The standard InChI is InChI=1S/C17H24FN3O2/c18-15-8-2-1-5-13(15)6-3-9-20-17(23)14-7-4-10-21(11-14)12-16(19)22/h1-2,5,8,14H,3-4,6-7,9-12H2,(H2,19,22)(H,20,23). The van der Waals surface area contributed by atoms with Crippen LogP contribution >= 0.6 is 0 Å². The molecule has 2 rings (SSSR count). The lowest BCUT2D eigenvalue weighted by Crippen LogP contribution is -2.45. The predicted molar refractivity (Wildman–Crippen MR) is 86.1 cm³/mol. The first-order chi connectivity index (χ1) is 11.1. The number of nitrogens with two attached hydrogens (primary N) is 1. The Labute approximate surface area is 136 Å². The zero-order valence-corrected chi connectivity index (χ0v) is 13.3. The summed E-state index contributed by atoms with van der Waals surface area (Å²) < 4.78 is 13.5. The minimum Gasteiger partial charge on any atom is -0.369 e. The van der Waals surface area contributed by atoms with Crippen LogP contribution in [0, 0.1) is 11.7 Å². The Morgan fingerprint density at radius 1 is 1.35 bits per heavy atom. The van der Waals surface area contributed by atoms with Crippen molar-refractivity contribution in [2.75, 3.05) is 26.2 Å². The molecule has 126 valence electrons. The molecule has 5 nitrogen and oxygen atoms in total. The molecule has 1 fully saturated rings. The highest BCUT2D eigenvalue weighted by Crippen LogP contribution is 2.16. The van der Waals surface area contributed by atoms with Gasteiger partial charge in [0.05, 0.1) is 12.5 Å². The van der Waals surface area contributed by atoms with Crippen LogP contribution in [0.2, 0.25) is 0 Å².